The van der Waals surface area contributed by atoms with Crippen LogP contribution in [0.5, 0.6) is 0 Å². The Hall–Kier alpha value is -0.850. The monoisotopic (exact) mass is 264 g/mol. The van der Waals surface area contributed by atoms with Crippen molar-refractivity contribution in [3.63, 3.8) is 0 Å². The average molecular weight is 265 g/mol. The number of nitrogens with two attached hydrogens (primary N) is 1. The predicted molar refractivity (Wildman–Crippen MR) is 68.1 cm³/mol. The minimum absolute atomic E-state index is 0. The molecule has 4 N–H and O–H groups in total. The lowest BCUT2D eigenvalue weighted by Gasteiger charge is -2.33. The second-order valence-corrected chi connectivity index (χ2v) is 4.12. The lowest BCUT2D eigenvalue weighted by molar-refractivity contribution is -0.125. The highest BCUT2D eigenvalue weighted by Gasteiger charge is 2.25. The number of likely N-dealkylation sites (tertiary alicyclic amines) is 1. The Labute approximate surface area is 108 Å². The summed E-state index contributed by atoms with van der Waals surface area (Å²) < 4.78 is 0. The zero-order valence-corrected chi connectivity index (χ0v) is 11.0. The molecule has 100 valence electrons. The van der Waals surface area contributed by atoms with Gasteiger partial charge in [-0.2, -0.15) is 0 Å². The van der Waals surface area contributed by atoms with E-state index in [1.807, 2.05) is 4.90 Å². The van der Waals surface area contributed by atoms with Crippen molar-refractivity contribution in [3.05, 3.63) is 0 Å². The van der Waals surface area contributed by atoms with E-state index in [0.29, 0.717) is 0 Å². The fourth-order valence-electron chi connectivity index (χ4n) is 1.75. The molecule has 0 bridgehead atoms. The third-order valence-corrected chi connectivity index (χ3v) is 2.97. The van der Waals surface area contributed by atoms with Gasteiger partial charge in [-0.1, -0.05) is 0 Å². The molecular weight excluding hydrogens is 244 g/mol. The standard InChI is InChI=1S/C10H20N4O2.ClH/c1-7(9(15)13-10(16)12-2)14-5-3-8(11)4-6-14;/h7-8H,3-6,11H2,1-2H3,(H2,12,13,15,16);1H. The van der Waals surface area contributed by atoms with Gasteiger partial charge < -0.3 is 11.1 Å². The van der Waals surface area contributed by atoms with Crippen LogP contribution in [0.2, 0.25) is 0 Å². The fourth-order valence-corrected chi connectivity index (χ4v) is 1.75. The maximum Gasteiger partial charge on any atom is 0.321 e. The number of carbonyl (C=O) groups excluding carboxylic acids is 2. The molecule has 0 radical (unpaired) electrons. The van der Waals surface area contributed by atoms with Gasteiger partial charge in [-0.3, -0.25) is 15.0 Å². The van der Waals surface area contributed by atoms with Crippen LogP contribution in [-0.2, 0) is 4.79 Å². The SMILES string of the molecule is CNC(=O)NC(=O)C(C)N1CCC(N)CC1.Cl. The van der Waals surface area contributed by atoms with Crippen LogP contribution in [0.3, 0.4) is 0 Å². The molecule has 1 aliphatic rings. The number of hydrogen-bond donors (Lipinski definition) is 3. The molecule has 1 unspecified atom stereocenters. The van der Waals surface area contributed by atoms with Gasteiger partial charge in [0.15, 0.2) is 0 Å². The van der Waals surface area contributed by atoms with E-state index in [2.05, 4.69) is 10.6 Å². The van der Waals surface area contributed by atoms with Crippen LogP contribution in [0.4, 0.5) is 4.79 Å². The zero-order chi connectivity index (χ0) is 12.1. The molecule has 7 heteroatoms. The molecule has 0 aromatic rings. The number of nitrogens with one attached hydrogen (secondary N) is 2. The summed E-state index contributed by atoms with van der Waals surface area (Å²) in [5.74, 6) is -0.269. The van der Waals surface area contributed by atoms with E-state index >= 15 is 0 Å². The van der Waals surface area contributed by atoms with E-state index < -0.39 is 6.03 Å². The zero-order valence-electron chi connectivity index (χ0n) is 10.2. The van der Waals surface area contributed by atoms with Gasteiger partial charge in [0.1, 0.15) is 0 Å². The summed E-state index contributed by atoms with van der Waals surface area (Å²) in [6.07, 6.45) is 1.80. The van der Waals surface area contributed by atoms with Crippen molar-refractivity contribution in [3.8, 4) is 0 Å². The Balaban J connectivity index is 0.00000256. The highest BCUT2D eigenvalue weighted by atomic mass is 35.5. The molecule has 1 aliphatic heterocycles. The van der Waals surface area contributed by atoms with Crippen molar-refractivity contribution < 1.29 is 9.59 Å². The van der Waals surface area contributed by atoms with Crippen LogP contribution < -0.4 is 16.4 Å². The van der Waals surface area contributed by atoms with Gasteiger partial charge in [0.25, 0.3) is 0 Å². The van der Waals surface area contributed by atoms with Crippen LogP contribution in [0.15, 0.2) is 0 Å². The molecule has 6 nitrogen and oxygen atoms in total. The summed E-state index contributed by atoms with van der Waals surface area (Å²) in [7, 11) is 1.48. The van der Waals surface area contributed by atoms with Crippen molar-refractivity contribution in [1.29, 1.82) is 0 Å². The molecule has 1 fully saturated rings. The number of carbonyl (C=O) groups is 2. The number of urea groups is 1. The molecular formula is C10H21ClN4O2. The lowest BCUT2D eigenvalue weighted by Crippen LogP contribution is -2.52. The van der Waals surface area contributed by atoms with Gasteiger partial charge >= 0.3 is 6.03 Å². The molecule has 1 atom stereocenters. The Bertz CT molecular complexity index is 267. The molecule has 0 aromatic heterocycles. The molecule has 0 spiro atoms. The van der Waals surface area contributed by atoms with Crippen LogP contribution in [0.25, 0.3) is 0 Å². The Morgan fingerprint density at radius 2 is 1.88 bits per heavy atom. The van der Waals surface area contributed by atoms with Crippen molar-refractivity contribution >= 4 is 24.3 Å². The summed E-state index contributed by atoms with van der Waals surface area (Å²) in [5.41, 5.74) is 5.78. The Morgan fingerprint density at radius 3 is 2.35 bits per heavy atom. The Morgan fingerprint density at radius 1 is 1.35 bits per heavy atom. The number of hydrogen-bond acceptors (Lipinski definition) is 4. The molecule has 1 rings (SSSR count). The van der Waals surface area contributed by atoms with E-state index in [4.69, 9.17) is 5.73 Å². The van der Waals surface area contributed by atoms with Crippen molar-refractivity contribution in [2.45, 2.75) is 31.8 Å². The number of nitrogens with zero attached hydrogens (tertiary/aromatic N) is 1. The van der Waals surface area contributed by atoms with Crippen molar-refractivity contribution in [2.24, 2.45) is 5.73 Å². The largest absolute Gasteiger partial charge is 0.341 e. The van der Waals surface area contributed by atoms with Gasteiger partial charge in [0.05, 0.1) is 6.04 Å². The number of amides is 3. The predicted octanol–water partition coefficient (Wildman–Crippen LogP) is -0.325. The molecule has 0 saturated carbocycles. The van der Waals surface area contributed by atoms with Crippen LogP contribution in [0.1, 0.15) is 19.8 Å². The third kappa shape index (κ3) is 4.89. The van der Waals surface area contributed by atoms with Gasteiger partial charge in [-0.05, 0) is 19.8 Å². The summed E-state index contributed by atoms with van der Waals surface area (Å²) in [6.45, 7) is 3.42. The van der Waals surface area contributed by atoms with Gasteiger partial charge in [-0.25, -0.2) is 4.79 Å². The van der Waals surface area contributed by atoms with Gasteiger partial charge in [0, 0.05) is 26.2 Å². The molecule has 17 heavy (non-hydrogen) atoms. The Kier molecular flexibility index (Phi) is 7.10. The third-order valence-electron chi connectivity index (χ3n) is 2.97. The summed E-state index contributed by atoms with van der Waals surface area (Å²) >= 11 is 0. The normalized spacial score (nSPS) is 19.0. The first-order valence-corrected chi connectivity index (χ1v) is 5.56. The minimum Gasteiger partial charge on any atom is -0.341 e. The second-order valence-electron chi connectivity index (χ2n) is 4.12. The van der Waals surface area contributed by atoms with E-state index in [-0.39, 0.29) is 30.4 Å². The van der Waals surface area contributed by atoms with E-state index in [1.165, 1.54) is 7.05 Å². The smallest absolute Gasteiger partial charge is 0.321 e. The summed E-state index contributed by atoms with van der Waals surface area (Å²) in [5, 5.41) is 4.63. The number of imide groups is 1. The maximum absolute atomic E-state index is 11.6. The molecule has 0 aromatic carbocycles. The first kappa shape index (κ1) is 16.1. The van der Waals surface area contributed by atoms with Crippen LogP contribution in [-0.4, -0.2) is 49.1 Å². The second kappa shape index (κ2) is 7.47. The number of rotatable bonds is 2. The molecule has 1 saturated heterocycles. The quantitative estimate of drug-likeness (QED) is 0.638. The number of halogens is 1. The van der Waals surface area contributed by atoms with E-state index in [9.17, 15) is 9.59 Å². The summed E-state index contributed by atoms with van der Waals surface area (Å²) in [4.78, 5) is 24.7. The number of piperidine rings is 1. The van der Waals surface area contributed by atoms with Gasteiger partial charge in [0.2, 0.25) is 5.91 Å². The fraction of sp³-hybridized carbons (Fsp3) is 0.800. The average Bonchev–Trinajstić information content (AvgIpc) is 2.28. The highest BCUT2D eigenvalue weighted by molar-refractivity contribution is 5.96. The molecule has 1 heterocycles. The first-order chi connectivity index (χ1) is 7.54. The van der Waals surface area contributed by atoms with E-state index in [0.717, 1.165) is 25.9 Å². The molecule has 0 aliphatic carbocycles. The lowest BCUT2D eigenvalue weighted by atomic mass is 10.0. The van der Waals surface area contributed by atoms with Gasteiger partial charge in [-0.15, -0.1) is 12.4 Å². The topological polar surface area (TPSA) is 87.5 Å². The van der Waals surface area contributed by atoms with Crippen molar-refractivity contribution in [1.82, 2.24) is 15.5 Å². The molecule has 3 amide bonds. The van der Waals surface area contributed by atoms with Crippen LogP contribution >= 0.6 is 12.4 Å². The summed E-state index contributed by atoms with van der Waals surface area (Å²) in [6, 6.07) is -0.513. The first-order valence-electron chi connectivity index (χ1n) is 5.56. The van der Waals surface area contributed by atoms with Crippen molar-refractivity contribution in [2.75, 3.05) is 20.1 Å². The van der Waals surface area contributed by atoms with E-state index in [1.54, 1.807) is 6.92 Å². The minimum atomic E-state index is -0.467. The van der Waals surface area contributed by atoms with Crippen LogP contribution in [0, 0.1) is 0 Å². The maximum atomic E-state index is 11.6. The highest BCUT2D eigenvalue weighted by Crippen LogP contribution is 2.11.